The maximum Gasteiger partial charge on any atom is 0.0711 e. The minimum atomic E-state index is 0.629. The fraction of sp³-hybridized carbons (Fsp3) is 0.455. The summed E-state index contributed by atoms with van der Waals surface area (Å²) in [5.41, 5.74) is 2.26. The molecule has 0 heterocycles. The second kappa shape index (κ2) is 6.86. The van der Waals surface area contributed by atoms with E-state index in [0.717, 1.165) is 12.2 Å². The topological polar surface area (TPSA) is 9.23 Å². The maximum atomic E-state index is 5.19. The maximum absolute atomic E-state index is 5.19. The van der Waals surface area contributed by atoms with Crippen molar-refractivity contribution in [2.45, 2.75) is 20.8 Å². The van der Waals surface area contributed by atoms with Crippen LogP contribution >= 0.6 is 0 Å². The lowest BCUT2D eigenvalue weighted by Gasteiger charge is -1.99. The van der Waals surface area contributed by atoms with Gasteiger partial charge in [0.15, 0.2) is 0 Å². The van der Waals surface area contributed by atoms with Gasteiger partial charge in [-0.2, -0.15) is 0 Å². The van der Waals surface area contributed by atoms with Crippen molar-refractivity contribution in [1.82, 2.24) is 0 Å². The Morgan fingerprint density at radius 2 is 2.08 bits per heavy atom. The van der Waals surface area contributed by atoms with E-state index in [9.17, 15) is 0 Å². The van der Waals surface area contributed by atoms with Crippen LogP contribution in [0.3, 0.4) is 0 Å². The Hall–Kier alpha value is -0.820. The SMILES string of the molecule is C=C(/C=C\C(C)=C/C)COCC. The van der Waals surface area contributed by atoms with E-state index in [1.54, 1.807) is 0 Å². The molecule has 1 heteroatoms. The summed E-state index contributed by atoms with van der Waals surface area (Å²) in [6.45, 7) is 11.3. The molecule has 0 aliphatic rings. The number of ether oxygens (including phenoxy) is 1. The zero-order valence-corrected chi connectivity index (χ0v) is 8.26. The van der Waals surface area contributed by atoms with Crippen LogP contribution in [0.2, 0.25) is 0 Å². The molecule has 0 saturated heterocycles. The van der Waals surface area contributed by atoms with E-state index >= 15 is 0 Å². The van der Waals surface area contributed by atoms with Gasteiger partial charge in [0.2, 0.25) is 0 Å². The molecule has 12 heavy (non-hydrogen) atoms. The van der Waals surface area contributed by atoms with E-state index in [0.29, 0.717) is 6.61 Å². The molecule has 1 nitrogen and oxygen atoms in total. The number of rotatable bonds is 5. The molecule has 0 fully saturated rings. The van der Waals surface area contributed by atoms with Crippen LogP contribution in [-0.4, -0.2) is 13.2 Å². The summed E-state index contributed by atoms with van der Waals surface area (Å²) >= 11 is 0. The van der Waals surface area contributed by atoms with Gasteiger partial charge in [-0.3, -0.25) is 0 Å². The van der Waals surface area contributed by atoms with Crippen molar-refractivity contribution in [3.63, 3.8) is 0 Å². The summed E-state index contributed by atoms with van der Waals surface area (Å²) in [6.07, 6.45) is 6.09. The second-order valence-corrected chi connectivity index (χ2v) is 2.66. The van der Waals surface area contributed by atoms with Crippen molar-refractivity contribution >= 4 is 0 Å². The van der Waals surface area contributed by atoms with Crippen LogP contribution in [0.1, 0.15) is 20.8 Å². The first kappa shape index (κ1) is 11.2. The van der Waals surface area contributed by atoms with Gasteiger partial charge in [0.25, 0.3) is 0 Å². The van der Waals surface area contributed by atoms with Gasteiger partial charge in [-0.25, -0.2) is 0 Å². The predicted molar refractivity (Wildman–Crippen MR) is 54.2 cm³/mol. The summed E-state index contributed by atoms with van der Waals surface area (Å²) in [5.74, 6) is 0. The summed E-state index contributed by atoms with van der Waals surface area (Å²) in [5, 5.41) is 0. The molecule has 0 radical (unpaired) electrons. The normalized spacial score (nSPS) is 12.4. The molecule has 68 valence electrons. The molecule has 0 amide bonds. The van der Waals surface area contributed by atoms with Gasteiger partial charge >= 0.3 is 0 Å². The van der Waals surface area contributed by atoms with E-state index < -0.39 is 0 Å². The van der Waals surface area contributed by atoms with Gasteiger partial charge in [-0.05, 0) is 26.3 Å². The van der Waals surface area contributed by atoms with Crippen LogP contribution in [0.15, 0.2) is 36.0 Å². The summed E-state index contributed by atoms with van der Waals surface area (Å²) < 4.78 is 5.19. The first-order valence-electron chi connectivity index (χ1n) is 4.27. The van der Waals surface area contributed by atoms with Crippen molar-refractivity contribution in [3.05, 3.63) is 36.0 Å². The quantitative estimate of drug-likeness (QED) is 0.570. The average molecular weight is 166 g/mol. The number of hydrogen-bond donors (Lipinski definition) is 0. The van der Waals surface area contributed by atoms with Crippen LogP contribution in [-0.2, 0) is 4.74 Å². The van der Waals surface area contributed by atoms with Crippen molar-refractivity contribution in [2.75, 3.05) is 13.2 Å². The fourth-order valence-corrected chi connectivity index (χ4v) is 0.627. The molecule has 0 aromatic heterocycles. The molecule has 0 bridgehead atoms. The smallest absolute Gasteiger partial charge is 0.0711 e. The molecule has 0 aromatic rings. The minimum absolute atomic E-state index is 0.629. The third-order valence-corrected chi connectivity index (χ3v) is 1.53. The van der Waals surface area contributed by atoms with Crippen LogP contribution in [0, 0.1) is 0 Å². The Kier molecular flexibility index (Phi) is 6.39. The third kappa shape index (κ3) is 5.93. The molecule has 0 rings (SSSR count). The zero-order chi connectivity index (χ0) is 9.40. The molecular weight excluding hydrogens is 148 g/mol. The largest absolute Gasteiger partial charge is 0.377 e. The summed E-state index contributed by atoms with van der Waals surface area (Å²) in [4.78, 5) is 0. The van der Waals surface area contributed by atoms with Gasteiger partial charge in [-0.15, -0.1) is 0 Å². The van der Waals surface area contributed by atoms with Crippen molar-refractivity contribution in [1.29, 1.82) is 0 Å². The Morgan fingerprint density at radius 3 is 2.58 bits per heavy atom. The van der Waals surface area contributed by atoms with Gasteiger partial charge in [0.05, 0.1) is 6.61 Å². The van der Waals surface area contributed by atoms with E-state index in [2.05, 4.69) is 19.6 Å². The molecular formula is C11H18O. The van der Waals surface area contributed by atoms with Crippen LogP contribution < -0.4 is 0 Å². The van der Waals surface area contributed by atoms with Crippen molar-refractivity contribution in [3.8, 4) is 0 Å². The van der Waals surface area contributed by atoms with E-state index in [4.69, 9.17) is 4.74 Å². The minimum Gasteiger partial charge on any atom is -0.377 e. The highest BCUT2D eigenvalue weighted by Crippen LogP contribution is 1.99. The molecule has 0 aliphatic carbocycles. The first-order valence-corrected chi connectivity index (χ1v) is 4.27. The van der Waals surface area contributed by atoms with Crippen LogP contribution in [0.5, 0.6) is 0 Å². The summed E-state index contributed by atoms with van der Waals surface area (Å²) in [7, 11) is 0. The predicted octanol–water partition coefficient (Wildman–Crippen LogP) is 3.10. The van der Waals surface area contributed by atoms with Crippen LogP contribution in [0.4, 0.5) is 0 Å². The Morgan fingerprint density at radius 1 is 1.42 bits per heavy atom. The fourth-order valence-electron chi connectivity index (χ4n) is 0.627. The first-order chi connectivity index (χ1) is 5.70. The van der Waals surface area contributed by atoms with Gasteiger partial charge in [0, 0.05) is 6.61 Å². The zero-order valence-electron chi connectivity index (χ0n) is 8.26. The lowest BCUT2D eigenvalue weighted by molar-refractivity contribution is 0.173. The molecule has 0 unspecified atom stereocenters. The lowest BCUT2D eigenvalue weighted by Crippen LogP contribution is -1.93. The van der Waals surface area contributed by atoms with E-state index in [-0.39, 0.29) is 0 Å². The van der Waals surface area contributed by atoms with E-state index in [1.165, 1.54) is 5.57 Å². The Bertz CT molecular complexity index is 187. The highest BCUT2D eigenvalue weighted by atomic mass is 16.5. The number of allylic oxidation sites excluding steroid dienone is 3. The molecule has 0 atom stereocenters. The van der Waals surface area contributed by atoms with Crippen LogP contribution in [0.25, 0.3) is 0 Å². The monoisotopic (exact) mass is 166 g/mol. The molecule has 0 aliphatic heterocycles. The van der Waals surface area contributed by atoms with Crippen molar-refractivity contribution < 1.29 is 4.74 Å². The number of hydrogen-bond acceptors (Lipinski definition) is 1. The molecule has 0 saturated carbocycles. The third-order valence-electron chi connectivity index (χ3n) is 1.53. The second-order valence-electron chi connectivity index (χ2n) is 2.66. The molecule has 0 spiro atoms. The standard InChI is InChI=1S/C11H18O/c1-5-10(3)7-8-11(4)9-12-6-2/h5,7-8H,4,6,9H2,1-3H3/b8-7-,10-5-. The van der Waals surface area contributed by atoms with Gasteiger partial charge in [0.1, 0.15) is 0 Å². The highest BCUT2D eigenvalue weighted by Gasteiger charge is 1.86. The van der Waals surface area contributed by atoms with Crippen molar-refractivity contribution in [2.24, 2.45) is 0 Å². The van der Waals surface area contributed by atoms with Gasteiger partial charge < -0.3 is 4.74 Å². The Labute approximate surface area is 75.4 Å². The molecule has 0 aromatic carbocycles. The Balaban J connectivity index is 3.76. The summed E-state index contributed by atoms with van der Waals surface area (Å²) in [6, 6.07) is 0. The lowest BCUT2D eigenvalue weighted by atomic mass is 10.2. The average Bonchev–Trinajstić information content (AvgIpc) is 2.10. The van der Waals surface area contributed by atoms with Gasteiger partial charge in [-0.1, -0.05) is 30.4 Å². The van der Waals surface area contributed by atoms with E-state index in [1.807, 2.05) is 26.0 Å². The molecule has 0 N–H and O–H groups in total. The highest BCUT2D eigenvalue weighted by molar-refractivity contribution is 5.24.